The Morgan fingerprint density at radius 1 is 1.44 bits per heavy atom. The minimum atomic E-state index is 0.672. The molecule has 0 spiro atoms. The summed E-state index contributed by atoms with van der Waals surface area (Å²) in [6.07, 6.45) is 2.67. The quantitative estimate of drug-likeness (QED) is 0.910. The van der Waals surface area contributed by atoms with Crippen molar-refractivity contribution in [2.45, 2.75) is 37.6 Å². The first-order chi connectivity index (χ1) is 7.77. The van der Waals surface area contributed by atoms with E-state index in [0.29, 0.717) is 6.04 Å². The maximum atomic E-state index is 3.68. The fraction of sp³-hybridized carbons (Fsp3) is 0.538. The molecule has 1 aliphatic rings. The summed E-state index contributed by atoms with van der Waals surface area (Å²) in [4.78, 5) is 0. The lowest BCUT2D eigenvalue weighted by Gasteiger charge is -2.29. The van der Waals surface area contributed by atoms with E-state index in [0.717, 1.165) is 11.8 Å². The van der Waals surface area contributed by atoms with Crippen molar-refractivity contribution in [1.29, 1.82) is 0 Å². The van der Waals surface area contributed by atoms with E-state index in [9.17, 15) is 0 Å². The van der Waals surface area contributed by atoms with Gasteiger partial charge in [-0.15, -0.1) is 0 Å². The summed E-state index contributed by atoms with van der Waals surface area (Å²) in [5.74, 6) is 1.33. The van der Waals surface area contributed by atoms with Gasteiger partial charge in [0.2, 0.25) is 0 Å². The van der Waals surface area contributed by atoms with Crippen molar-refractivity contribution in [3.63, 3.8) is 0 Å². The van der Waals surface area contributed by atoms with Crippen molar-refractivity contribution in [3.05, 3.63) is 34.3 Å². The van der Waals surface area contributed by atoms with Crippen LogP contribution >= 0.6 is 27.7 Å². The molecule has 1 nitrogen and oxygen atoms in total. The summed E-state index contributed by atoms with van der Waals surface area (Å²) in [5.41, 5.74) is 1.35. The van der Waals surface area contributed by atoms with Gasteiger partial charge < -0.3 is 5.32 Å². The van der Waals surface area contributed by atoms with Gasteiger partial charge in [0.1, 0.15) is 0 Å². The number of nitrogens with one attached hydrogen (secondary N) is 1. The molecule has 16 heavy (non-hydrogen) atoms. The number of thioether (sulfide) groups is 1. The van der Waals surface area contributed by atoms with Gasteiger partial charge in [-0.3, -0.25) is 0 Å². The Balaban J connectivity index is 1.89. The lowest BCUT2D eigenvalue weighted by atomic mass is 10.1. The van der Waals surface area contributed by atoms with E-state index < -0.39 is 0 Å². The maximum absolute atomic E-state index is 3.68. The van der Waals surface area contributed by atoms with E-state index >= 15 is 0 Å². The third-order valence-electron chi connectivity index (χ3n) is 3.12. The van der Waals surface area contributed by atoms with Crippen molar-refractivity contribution in [2.75, 3.05) is 5.75 Å². The predicted octanol–water partition coefficient (Wildman–Crippen LogP) is 3.82. The molecule has 0 aromatic heterocycles. The molecule has 0 amide bonds. The van der Waals surface area contributed by atoms with Gasteiger partial charge in [0.25, 0.3) is 0 Å². The number of benzene rings is 1. The Morgan fingerprint density at radius 2 is 2.25 bits per heavy atom. The van der Waals surface area contributed by atoms with Crippen LogP contribution in [-0.4, -0.2) is 17.0 Å². The first-order valence-corrected chi connectivity index (χ1v) is 7.70. The van der Waals surface area contributed by atoms with Crippen molar-refractivity contribution in [3.8, 4) is 0 Å². The van der Waals surface area contributed by atoms with Gasteiger partial charge >= 0.3 is 0 Å². The fourth-order valence-corrected chi connectivity index (χ4v) is 3.67. The molecule has 88 valence electrons. The molecule has 2 rings (SSSR count). The minimum absolute atomic E-state index is 0.672. The molecule has 1 aromatic rings. The molecule has 1 aliphatic heterocycles. The summed E-state index contributed by atoms with van der Waals surface area (Å²) in [5, 5.41) is 4.42. The van der Waals surface area contributed by atoms with Crippen LogP contribution in [0.5, 0.6) is 0 Å². The Bertz CT molecular complexity index is 342. The Kier molecular flexibility index (Phi) is 4.74. The summed E-state index contributed by atoms with van der Waals surface area (Å²) < 4.78 is 1.21. The maximum Gasteiger partial charge on any atom is 0.0220 e. The summed E-state index contributed by atoms with van der Waals surface area (Å²) >= 11 is 5.68. The number of rotatable bonds is 3. The van der Waals surface area contributed by atoms with Crippen LogP contribution in [0.4, 0.5) is 0 Å². The lowest BCUT2D eigenvalue weighted by Crippen LogP contribution is -2.38. The Morgan fingerprint density at radius 3 is 3.00 bits per heavy atom. The summed E-state index contributed by atoms with van der Waals surface area (Å²) in [6.45, 7) is 3.30. The van der Waals surface area contributed by atoms with Gasteiger partial charge in [-0.2, -0.15) is 11.8 Å². The van der Waals surface area contributed by atoms with Crippen LogP contribution in [0.25, 0.3) is 0 Å². The molecular weight excluding hydrogens is 282 g/mol. The van der Waals surface area contributed by atoms with Crippen LogP contribution in [0.2, 0.25) is 0 Å². The molecule has 1 saturated heterocycles. The highest BCUT2D eigenvalue weighted by atomic mass is 79.9. The average Bonchev–Trinajstić information content (AvgIpc) is 2.30. The second kappa shape index (κ2) is 6.08. The molecule has 2 unspecified atom stereocenters. The summed E-state index contributed by atoms with van der Waals surface area (Å²) in [6, 6.07) is 9.12. The zero-order chi connectivity index (χ0) is 11.4. The molecule has 0 aliphatic carbocycles. The molecular formula is C13H18BrNS. The van der Waals surface area contributed by atoms with E-state index in [1.807, 2.05) is 0 Å². The molecule has 1 heterocycles. The molecule has 0 radical (unpaired) electrons. The highest BCUT2D eigenvalue weighted by Gasteiger charge is 2.20. The molecule has 1 fully saturated rings. The minimum Gasteiger partial charge on any atom is -0.309 e. The molecule has 2 atom stereocenters. The molecule has 1 aromatic carbocycles. The third kappa shape index (κ3) is 3.25. The van der Waals surface area contributed by atoms with E-state index in [-0.39, 0.29) is 0 Å². The van der Waals surface area contributed by atoms with Gasteiger partial charge in [0, 0.05) is 22.3 Å². The topological polar surface area (TPSA) is 12.0 Å². The Hall–Kier alpha value is 0.01000. The highest BCUT2D eigenvalue weighted by molar-refractivity contribution is 9.10. The SMILES string of the molecule is CC1SCCCC1NCc1ccccc1Br. The van der Waals surface area contributed by atoms with E-state index in [4.69, 9.17) is 0 Å². The van der Waals surface area contributed by atoms with Crippen molar-refractivity contribution in [1.82, 2.24) is 5.32 Å². The van der Waals surface area contributed by atoms with Crippen LogP contribution in [0.15, 0.2) is 28.7 Å². The van der Waals surface area contributed by atoms with Gasteiger partial charge in [0.05, 0.1) is 0 Å². The lowest BCUT2D eigenvalue weighted by molar-refractivity contribution is 0.461. The van der Waals surface area contributed by atoms with Gasteiger partial charge in [-0.25, -0.2) is 0 Å². The number of hydrogen-bond donors (Lipinski definition) is 1. The number of hydrogen-bond acceptors (Lipinski definition) is 2. The van der Waals surface area contributed by atoms with Gasteiger partial charge in [-0.05, 0) is 30.2 Å². The fourth-order valence-electron chi connectivity index (χ4n) is 2.07. The normalized spacial score (nSPS) is 25.6. The molecule has 0 saturated carbocycles. The molecule has 3 heteroatoms. The zero-order valence-electron chi connectivity index (χ0n) is 9.58. The summed E-state index contributed by atoms with van der Waals surface area (Å²) in [7, 11) is 0. The molecule has 1 N–H and O–H groups in total. The number of halogens is 1. The second-order valence-electron chi connectivity index (χ2n) is 4.30. The monoisotopic (exact) mass is 299 g/mol. The second-order valence-corrected chi connectivity index (χ2v) is 6.64. The van der Waals surface area contributed by atoms with Crippen LogP contribution < -0.4 is 5.32 Å². The average molecular weight is 300 g/mol. The van der Waals surface area contributed by atoms with Crippen LogP contribution in [0.3, 0.4) is 0 Å². The predicted molar refractivity (Wildman–Crippen MR) is 75.9 cm³/mol. The first kappa shape index (κ1) is 12.5. The first-order valence-electron chi connectivity index (χ1n) is 5.86. The smallest absolute Gasteiger partial charge is 0.0220 e. The van der Waals surface area contributed by atoms with Crippen molar-refractivity contribution < 1.29 is 0 Å². The Labute approximate surface area is 111 Å². The van der Waals surface area contributed by atoms with Crippen molar-refractivity contribution in [2.24, 2.45) is 0 Å². The molecule has 0 bridgehead atoms. The van der Waals surface area contributed by atoms with Crippen LogP contribution in [0.1, 0.15) is 25.3 Å². The van der Waals surface area contributed by atoms with E-state index in [1.165, 1.54) is 28.6 Å². The zero-order valence-corrected chi connectivity index (χ0v) is 12.0. The largest absolute Gasteiger partial charge is 0.309 e. The van der Waals surface area contributed by atoms with E-state index in [1.54, 1.807) is 0 Å². The standard InChI is InChI=1S/C13H18BrNS/c1-10-13(7-4-8-16-10)15-9-11-5-2-3-6-12(11)14/h2-3,5-6,10,13,15H,4,7-9H2,1H3. The van der Waals surface area contributed by atoms with Crippen LogP contribution in [0, 0.1) is 0 Å². The van der Waals surface area contributed by atoms with Crippen molar-refractivity contribution >= 4 is 27.7 Å². The third-order valence-corrected chi connectivity index (χ3v) is 5.27. The highest BCUT2D eigenvalue weighted by Crippen LogP contribution is 2.25. The van der Waals surface area contributed by atoms with Gasteiger partial charge in [-0.1, -0.05) is 41.1 Å². The van der Waals surface area contributed by atoms with Gasteiger partial charge in [0.15, 0.2) is 0 Å². The van der Waals surface area contributed by atoms with E-state index in [2.05, 4.69) is 64.2 Å². The van der Waals surface area contributed by atoms with Crippen LogP contribution in [-0.2, 0) is 6.54 Å².